The van der Waals surface area contributed by atoms with Gasteiger partial charge in [-0.05, 0) is 36.6 Å². The number of benzene rings is 1. The lowest BCUT2D eigenvalue weighted by Gasteiger charge is -2.16. The van der Waals surface area contributed by atoms with Crippen LogP contribution in [-0.2, 0) is 11.2 Å². The summed E-state index contributed by atoms with van der Waals surface area (Å²) in [5.74, 6) is -0.0386. The van der Waals surface area contributed by atoms with Crippen LogP contribution in [0.1, 0.15) is 29.4 Å². The van der Waals surface area contributed by atoms with Crippen molar-refractivity contribution in [3.63, 3.8) is 0 Å². The Labute approximate surface area is 129 Å². The molecule has 3 rings (SSSR count). The lowest BCUT2D eigenvalue weighted by molar-refractivity contribution is -0.114. The summed E-state index contributed by atoms with van der Waals surface area (Å²) in [7, 11) is 3.83. The van der Waals surface area contributed by atoms with E-state index in [4.69, 9.17) is 0 Å². The van der Waals surface area contributed by atoms with Crippen molar-refractivity contribution in [2.24, 2.45) is 0 Å². The fourth-order valence-corrected chi connectivity index (χ4v) is 2.95. The predicted molar refractivity (Wildman–Crippen MR) is 87.0 cm³/mol. The molecule has 1 aromatic carbocycles. The Morgan fingerprint density at radius 2 is 2.09 bits per heavy atom. The molecule has 114 valence electrons. The van der Waals surface area contributed by atoms with Crippen LogP contribution in [0.4, 0.5) is 5.69 Å². The van der Waals surface area contributed by atoms with E-state index in [2.05, 4.69) is 10.3 Å². The van der Waals surface area contributed by atoms with Gasteiger partial charge in [-0.25, -0.2) is 0 Å². The molecule has 1 aliphatic rings. The number of aryl methyl sites for hydroxylation is 1. The van der Waals surface area contributed by atoms with E-state index in [0.717, 1.165) is 40.6 Å². The number of H-pyrrole nitrogens is 1. The maximum absolute atomic E-state index is 12.6. The van der Waals surface area contributed by atoms with Gasteiger partial charge in [0.1, 0.15) is 0 Å². The average molecular weight is 297 g/mol. The third kappa shape index (κ3) is 2.50. The predicted octanol–water partition coefficient (Wildman–Crippen LogP) is 2.70. The molecular formula is C17H19N3O2. The fraction of sp³-hybridized carbons (Fsp3) is 0.294. The average Bonchev–Trinajstić information content (AvgIpc) is 2.80. The molecular weight excluding hydrogens is 278 g/mol. The Bertz CT molecular complexity index is 800. The first-order chi connectivity index (χ1) is 10.5. The van der Waals surface area contributed by atoms with E-state index >= 15 is 0 Å². The van der Waals surface area contributed by atoms with E-state index in [-0.39, 0.29) is 11.7 Å². The van der Waals surface area contributed by atoms with E-state index in [1.54, 1.807) is 0 Å². The summed E-state index contributed by atoms with van der Waals surface area (Å²) in [4.78, 5) is 28.9. The maximum atomic E-state index is 12.6. The van der Waals surface area contributed by atoms with Crippen molar-refractivity contribution in [2.45, 2.75) is 19.8 Å². The van der Waals surface area contributed by atoms with Crippen LogP contribution in [0.2, 0.25) is 0 Å². The first-order valence-corrected chi connectivity index (χ1v) is 7.29. The number of Topliss-reactive ketones (excluding diaryl/α,β-unsaturated/α-hetero) is 1. The van der Waals surface area contributed by atoms with Crippen molar-refractivity contribution >= 4 is 28.3 Å². The van der Waals surface area contributed by atoms with E-state index < -0.39 is 0 Å². The highest BCUT2D eigenvalue weighted by atomic mass is 16.1. The van der Waals surface area contributed by atoms with Gasteiger partial charge in [-0.2, -0.15) is 0 Å². The number of anilines is 1. The molecule has 0 saturated carbocycles. The van der Waals surface area contributed by atoms with Gasteiger partial charge >= 0.3 is 0 Å². The number of amides is 1. The second-order valence-corrected chi connectivity index (χ2v) is 5.87. The van der Waals surface area contributed by atoms with E-state index in [1.807, 2.05) is 43.4 Å². The lowest BCUT2D eigenvalue weighted by atomic mass is 9.90. The zero-order chi connectivity index (χ0) is 15.9. The Kier molecular flexibility index (Phi) is 3.48. The third-order valence-electron chi connectivity index (χ3n) is 3.80. The van der Waals surface area contributed by atoms with Crippen molar-refractivity contribution in [2.75, 3.05) is 19.4 Å². The number of fused-ring (bicyclic) bond motifs is 3. The van der Waals surface area contributed by atoms with Crippen LogP contribution >= 0.6 is 0 Å². The van der Waals surface area contributed by atoms with Crippen LogP contribution in [-0.4, -0.2) is 35.7 Å². The molecule has 0 radical (unpaired) electrons. The summed E-state index contributed by atoms with van der Waals surface area (Å²) < 4.78 is 0. The standard InChI is InChI=1S/C17H19N3O2/c1-10(21)18-12-5-7-15-14(8-12)13-6-4-11(9-20(2)3)17(22)16(13)19-15/h5,7-9,19H,4,6H2,1-3H3,(H,18,21)/b11-9-. The fourth-order valence-electron chi connectivity index (χ4n) is 2.95. The van der Waals surface area contributed by atoms with E-state index in [1.165, 1.54) is 6.92 Å². The molecule has 2 N–H and O–H groups in total. The van der Waals surface area contributed by atoms with Crippen LogP contribution in [0.25, 0.3) is 10.9 Å². The Hall–Kier alpha value is -2.56. The topological polar surface area (TPSA) is 65.2 Å². The number of rotatable bonds is 2. The van der Waals surface area contributed by atoms with Gasteiger partial charge in [0, 0.05) is 49.4 Å². The van der Waals surface area contributed by atoms with Gasteiger partial charge in [0.15, 0.2) is 0 Å². The van der Waals surface area contributed by atoms with E-state index in [9.17, 15) is 9.59 Å². The molecule has 0 fully saturated rings. The molecule has 1 amide bonds. The van der Waals surface area contributed by atoms with Crippen LogP contribution in [0.15, 0.2) is 30.0 Å². The summed E-state index contributed by atoms with van der Waals surface area (Å²) >= 11 is 0. The van der Waals surface area contributed by atoms with Crippen LogP contribution in [0.3, 0.4) is 0 Å². The van der Waals surface area contributed by atoms with Crippen molar-refractivity contribution in [3.8, 4) is 0 Å². The Morgan fingerprint density at radius 1 is 1.32 bits per heavy atom. The third-order valence-corrected chi connectivity index (χ3v) is 3.80. The van der Waals surface area contributed by atoms with Gasteiger partial charge in [0.2, 0.25) is 11.7 Å². The second kappa shape index (κ2) is 5.33. The maximum Gasteiger partial charge on any atom is 0.221 e. The second-order valence-electron chi connectivity index (χ2n) is 5.87. The highest BCUT2D eigenvalue weighted by Gasteiger charge is 2.26. The van der Waals surface area contributed by atoms with Crippen molar-refractivity contribution in [1.29, 1.82) is 0 Å². The normalized spacial score (nSPS) is 16.0. The molecule has 0 saturated heterocycles. The molecule has 5 heteroatoms. The molecule has 0 unspecified atom stereocenters. The van der Waals surface area contributed by atoms with Crippen LogP contribution < -0.4 is 5.32 Å². The van der Waals surface area contributed by atoms with Crippen LogP contribution in [0, 0.1) is 0 Å². The smallest absolute Gasteiger partial charge is 0.221 e. The number of nitrogens with one attached hydrogen (secondary N) is 2. The minimum absolute atomic E-state index is 0.0622. The number of aromatic nitrogens is 1. The monoisotopic (exact) mass is 297 g/mol. The summed E-state index contributed by atoms with van der Waals surface area (Å²) in [6.07, 6.45) is 3.45. The zero-order valence-corrected chi connectivity index (χ0v) is 13.0. The molecule has 0 bridgehead atoms. The zero-order valence-electron chi connectivity index (χ0n) is 13.0. The quantitative estimate of drug-likeness (QED) is 0.838. The molecule has 1 aromatic heterocycles. The number of carbonyl (C=O) groups excluding carboxylic acids is 2. The minimum Gasteiger partial charge on any atom is -0.383 e. The summed E-state index contributed by atoms with van der Waals surface area (Å²) in [5, 5.41) is 3.80. The van der Waals surface area contributed by atoms with E-state index in [0.29, 0.717) is 5.69 Å². The van der Waals surface area contributed by atoms with Gasteiger partial charge in [0.05, 0.1) is 5.69 Å². The number of hydrogen-bond donors (Lipinski definition) is 2. The molecule has 1 aliphatic carbocycles. The SMILES string of the molecule is CC(=O)Nc1ccc2[nH]c3c(c2c1)CC/C(=C/N(C)C)C3=O. The number of nitrogens with zero attached hydrogens (tertiary/aromatic N) is 1. The van der Waals surface area contributed by atoms with Gasteiger partial charge in [0.25, 0.3) is 0 Å². The van der Waals surface area contributed by atoms with Crippen molar-refractivity contribution in [1.82, 2.24) is 9.88 Å². The number of hydrogen-bond acceptors (Lipinski definition) is 3. The molecule has 0 spiro atoms. The summed E-state index contributed by atoms with van der Waals surface area (Å²) in [5.41, 5.74) is 4.23. The van der Waals surface area contributed by atoms with Crippen molar-refractivity contribution < 1.29 is 9.59 Å². The van der Waals surface area contributed by atoms with Gasteiger partial charge < -0.3 is 15.2 Å². The number of allylic oxidation sites excluding steroid dienone is 1. The van der Waals surface area contributed by atoms with Gasteiger partial charge in [-0.1, -0.05) is 0 Å². The minimum atomic E-state index is -0.101. The summed E-state index contributed by atoms with van der Waals surface area (Å²) in [6.45, 7) is 1.48. The first kappa shape index (κ1) is 14.4. The highest BCUT2D eigenvalue weighted by Crippen LogP contribution is 2.32. The molecule has 22 heavy (non-hydrogen) atoms. The van der Waals surface area contributed by atoms with Gasteiger partial charge in [-0.15, -0.1) is 0 Å². The molecule has 5 nitrogen and oxygen atoms in total. The largest absolute Gasteiger partial charge is 0.383 e. The first-order valence-electron chi connectivity index (χ1n) is 7.29. The lowest BCUT2D eigenvalue weighted by Crippen LogP contribution is -2.16. The van der Waals surface area contributed by atoms with Crippen LogP contribution in [0.5, 0.6) is 0 Å². The molecule has 0 aliphatic heterocycles. The number of carbonyl (C=O) groups is 2. The highest BCUT2D eigenvalue weighted by molar-refractivity contribution is 6.13. The van der Waals surface area contributed by atoms with Crippen molar-refractivity contribution in [3.05, 3.63) is 41.2 Å². The summed E-state index contributed by atoms with van der Waals surface area (Å²) in [6, 6.07) is 5.67. The molecule has 0 atom stereocenters. The Morgan fingerprint density at radius 3 is 2.77 bits per heavy atom. The Balaban J connectivity index is 2.07. The number of ketones is 1. The number of aromatic amines is 1. The molecule has 1 heterocycles. The van der Waals surface area contributed by atoms with Gasteiger partial charge in [-0.3, -0.25) is 9.59 Å². The molecule has 2 aromatic rings.